The van der Waals surface area contributed by atoms with E-state index < -0.39 is 10.0 Å². The summed E-state index contributed by atoms with van der Waals surface area (Å²) >= 11 is 0. The topological polar surface area (TPSA) is 101 Å². The van der Waals surface area contributed by atoms with Crippen molar-refractivity contribution in [1.29, 1.82) is 0 Å². The van der Waals surface area contributed by atoms with Crippen molar-refractivity contribution in [3.63, 3.8) is 0 Å². The number of halogens is 1. The predicted octanol–water partition coefficient (Wildman–Crippen LogP) is 2.74. The highest BCUT2D eigenvalue weighted by Gasteiger charge is 2.10. The number of sulfonamides is 1. The maximum absolute atomic E-state index is 11.8. The van der Waals surface area contributed by atoms with Crippen LogP contribution in [0.5, 0.6) is 11.5 Å². The third-order valence-corrected chi connectivity index (χ3v) is 5.63. The van der Waals surface area contributed by atoms with E-state index in [-0.39, 0.29) is 35.0 Å². The van der Waals surface area contributed by atoms with Crippen LogP contribution >= 0.6 is 24.0 Å². The minimum absolute atomic E-state index is 0. The number of rotatable bonds is 10. The first-order valence-corrected chi connectivity index (χ1v) is 11.2. The van der Waals surface area contributed by atoms with Gasteiger partial charge in [0.1, 0.15) is 17.6 Å². The molecule has 10 heteroatoms. The number of methoxy groups -OCH3 is 1. The van der Waals surface area contributed by atoms with Gasteiger partial charge in [-0.1, -0.05) is 18.2 Å². The number of ether oxygens (including phenoxy) is 2. The molecular weight excluding hydrogens is 531 g/mol. The summed E-state index contributed by atoms with van der Waals surface area (Å²) < 4.78 is 37.0. The van der Waals surface area contributed by atoms with Gasteiger partial charge in [-0.05, 0) is 50.7 Å². The highest BCUT2D eigenvalue weighted by Crippen LogP contribution is 2.19. The SMILES string of the molecule is CCNC(=NCc1ccc(S(=O)(=O)NC)cc1)NCC(C)Oc1cccc(OC)c1.I. The molecule has 0 saturated heterocycles. The standard InChI is InChI=1S/C21H30N4O4S.HI/c1-5-23-21(24-14-16(2)29-19-8-6-7-18(13-19)28-4)25-15-17-9-11-20(12-10-17)30(26,27)22-3;/h6-13,16,22H,5,14-15H2,1-4H3,(H2,23,24,25);1H. The molecule has 1 unspecified atom stereocenters. The quantitative estimate of drug-likeness (QED) is 0.234. The van der Waals surface area contributed by atoms with Gasteiger partial charge in [-0.3, -0.25) is 0 Å². The van der Waals surface area contributed by atoms with Crippen molar-refractivity contribution >= 4 is 40.0 Å². The fraction of sp³-hybridized carbons (Fsp3) is 0.381. The number of nitrogens with one attached hydrogen (secondary N) is 3. The van der Waals surface area contributed by atoms with Crippen LogP contribution < -0.4 is 24.8 Å². The van der Waals surface area contributed by atoms with Crippen LogP contribution in [0.1, 0.15) is 19.4 Å². The Balaban J connectivity index is 0.00000480. The second kappa shape index (κ2) is 13.4. The summed E-state index contributed by atoms with van der Waals surface area (Å²) in [6.45, 7) is 5.65. The molecule has 172 valence electrons. The van der Waals surface area contributed by atoms with Gasteiger partial charge in [0.25, 0.3) is 0 Å². The number of hydrogen-bond donors (Lipinski definition) is 3. The smallest absolute Gasteiger partial charge is 0.240 e. The van der Waals surface area contributed by atoms with Gasteiger partial charge in [0.15, 0.2) is 5.96 Å². The molecule has 0 aliphatic rings. The highest BCUT2D eigenvalue weighted by molar-refractivity contribution is 14.0. The zero-order chi connectivity index (χ0) is 22.0. The van der Waals surface area contributed by atoms with Gasteiger partial charge < -0.3 is 20.1 Å². The summed E-state index contributed by atoms with van der Waals surface area (Å²) in [6, 6.07) is 14.1. The molecule has 1 atom stereocenters. The Morgan fingerprint density at radius 2 is 1.77 bits per heavy atom. The number of benzene rings is 2. The van der Waals surface area contributed by atoms with Crippen LogP contribution in [-0.2, 0) is 16.6 Å². The molecule has 0 spiro atoms. The van der Waals surface area contributed by atoms with Crippen LogP contribution in [0.2, 0.25) is 0 Å². The largest absolute Gasteiger partial charge is 0.497 e. The summed E-state index contributed by atoms with van der Waals surface area (Å²) in [5.41, 5.74) is 0.905. The molecule has 0 aliphatic heterocycles. The van der Waals surface area contributed by atoms with Gasteiger partial charge in [0.2, 0.25) is 10.0 Å². The van der Waals surface area contributed by atoms with Gasteiger partial charge >= 0.3 is 0 Å². The summed E-state index contributed by atoms with van der Waals surface area (Å²) in [5, 5.41) is 6.45. The number of hydrogen-bond acceptors (Lipinski definition) is 5. The third-order valence-electron chi connectivity index (χ3n) is 4.20. The Morgan fingerprint density at radius 3 is 2.39 bits per heavy atom. The monoisotopic (exact) mass is 562 g/mol. The average molecular weight is 562 g/mol. The lowest BCUT2D eigenvalue weighted by Crippen LogP contribution is -2.41. The highest BCUT2D eigenvalue weighted by atomic mass is 127. The van der Waals surface area contributed by atoms with Crippen molar-refractivity contribution in [2.75, 3.05) is 27.2 Å². The lowest BCUT2D eigenvalue weighted by molar-refractivity contribution is 0.223. The van der Waals surface area contributed by atoms with Crippen LogP contribution in [0, 0.1) is 0 Å². The Morgan fingerprint density at radius 1 is 1.10 bits per heavy atom. The van der Waals surface area contributed by atoms with Crippen molar-refractivity contribution in [3.05, 3.63) is 54.1 Å². The summed E-state index contributed by atoms with van der Waals surface area (Å²) in [5.74, 6) is 2.14. The molecule has 0 fully saturated rings. The third kappa shape index (κ3) is 8.91. The van der Waals surface area contributed by atoms with Gasteiger partial charge in [-0.15, -0.1) is 24.0 Å². The van der Waals surface area contributed by atoms with E-state index in [0.717, 1.165) is 23.6 Å². The lowest BCUT2D eigenvalue weighted by Gasteiger charge is -2.18. The Bertz CT molecular complexity index is 937. The van der Waals surface area contributed by atoms with E-state index in [1.165, 1.54) is 7.05 Å². The second-order valence-corrected chi connectivity index (χ2v) is 8.42. The number of guanidine groups is 1. The molecule has 0 saturated carbocycles. The van der Waals surface area contributed by atoms with E-state index in [1.54, 1.807) is 31.4 Å². The van der Waals surface area contributed by atoms with Crippen LogP contribution in [0.15, 0.2) is 58.4 Å². The lowest BCUT2D eigenvalue weighted by atomic mass is 10.2. The minimum atomic E-state index is -3.44. The normalized spacial score (nSPS) is 12.5. The van der Waals surface area contributed by atoms with Crippen molar-refractivity contribution < 1.29 is 17.9 Å². The molecule has 2 aromatic rings. The molecule has 0 amide bonds. The molecule has 2 rings (SSSR count). The number of nitrogens with zero attached hydrogens (tertiary/aromatic N) is 1. The van der Waals surface area contributed by atoms with Gasteiger partial charge in [0.05, 0.1) is 25.1 Å². The van der Waals surface area contributed by atoms with Crippen molar-refractivity contribution in [1.82, 2.24) is 15.4 Å². The van der Waals surface area contributed by atoms with E-state index in [0.29, 0.717) is 19.0 Å². The molecule has 0 aromatic heterocycles. The molecule has 0 radical (unpaired) electrons. The van der Waals surface area contributed by atoms with E-state index in [2.05, 4.69) is 20.3 Å². The first-order chi connectivity index (χ1) is 14.4. The molecule has 0 bridgehead atoms. The minimum Gasteiger partial charge on any atom is -0.497 e. The maximum Gasteiger partial charge on any atom is 0.240 e. The van der Waals surface area contributed by atoms with E-state index in [4.69, 9.17) is 9.47 Å². The predicted molar refractivity (Wildman–Crippen MR) is 134 cm³/mol. The summed E-state index contributed by atoms with van der Waals surface area (Å²) in [7, 11) is -0.424. The van der Waals surface area contributed by atoms with E-state index in [9.17, 15) is 8.42 Å². The van der Waals surface area contributed by atoms with Crippen molar-refractivity contribution in [3.8, 4) is 11.5 Å². The van der Waals surface area contributed by atoms with Crippen LogP contribution in [0.4, 0.5) is 0 Å². The molecular formula is C21H31IN4O4S. The van der Waals surface area contributed by atoms with Gasteiger partial charge in [-0.2, -0.15) is 0 Å². The molecule has 0 heterocycles. The first kappa shape index (κ1) is 27.0. The fourth-order valence-electron chi connectivity index (χ4n) is 2.59. The van der Waals surface area contributed by atoms with Crippen molar-refractivity contribution in [2.45, 2.75) is 31.4 Å². The number of aliphatic imine (C=N–C) groups is 1. The fourth-order valence-corrected chi connectivity index (χ4v) is 3.32. The Hall–Kier alpha value is -2.05. The molecule has 2 aromatic carbocycles. The Kier molecular flexibility index (Phi) is 11.6. The maximum atomic E-state index is 11.8. The van der Waals surface area contributed by atoms with Gasteiger partial charge in [0, 0.05) is 12.6 Å². The summed E-state index contributed by atoms with van der Waals surface area (Å²) in [4.78, 5) is 4.78. The van der Waals surface area contributed by atoms with Gasteiger partial charge in [-0.25, -0.2) is 18.1 Å². The zero-order valence-electron chi connectivity index (χ0n) is 18.2. The van der Waals surface area contributed by atoms with Crippen LogP contribution in [-0.4, -0.2) is 47.7 Å². The van der Waals surface area contributed by atoms with Crippen LogP contribution in [0.3, 0.4) is 0 Å². The van der Waals surface area contributed by atoms with Crippen molar-refractivity contribution in [2.24, 2.45) is 4.99 Å². The molecule has 31 heavy (non-hydrogen) atoms. The van der Waals surface area contributed by atoms with E-state index >= 15 is 0 Å². The Labute approximate surface area is 201 Å². The molecule has 0 aliphatic carbocycles. The molecule has 8 nitrogen and oxygen atoms in total. The second-order valence-electron chi connectivity index (χ2n) is 6.54. The molecule has 3 N–H and O–H groups in total. The zero-order valence-corrected chi connectivity index (χ0v) is 21.4. The summed E-state index contributed by atoms with van der Waals surface area (Å²) in [6.07, 6.45) is -0.0907. The van der Waals surface area contributed by atoms with E-state index in [1.807, 2.05) is 38.1 Å². The average Bonchev–Trinajstić information content (AvgIpc) is 2.76. The van der Waals surface area contributed by atoms with Crippen LogP contribution in [0.25, 0.3) is 0 Å². The first-order valence-electron chi connectivity index (χ1n) is 9.73.